The first-order valence-corrected chi connectivity index (χ1v) is 11.1. The monoisotopic (exact) mass is 400 g/mol. The third-order valence-corrected chi connectivity index (χ3v) is 9.45. The van der Waals surface area contributed by atoms with Gasteiger partial charge in [0.25, 0.3) is 0 Å². The van der Waals surface area contributed by atoms with Crippen LogP contribution in [0, 0.1) is 34.5 Å². The highest BCUT2D eigenvalue weighted by molar-refractivity contribution is 7.75. The minimum atomic E-state index is -0.440. The predicted molar refractivity (Wildman–Crippen MR) is 105 cm³/mol. The smallest absolute Gasteiger partial charge is 0.174 e. The van der Waals surface area contributed by atoms with E-state index < -0.39 is 5.79 Å². The summed E-state index contributed by atoms with van der Waals surface area (Å²) in [6.45, 7) is 6.42. The SMILES string of the molecule is C[C@]12CCC([C@@]3(C)CC[C@H](OS)C[C@@H]3CO)[C@@H](CO)C1CCC21OCCO1. The van der Waals surface area contributed by atoms with Gasteiger partial charge in [0.2, 0.25) is 0 Å². The molecule has 3 saturated carbocycles. The van der Waals surface area contributed by atoms with Crippen molar-refractivity contribution >= 4 is 12.9 Å². The van der Waals surface area contributed by atoms with Gasteiger partial charge in [-0.3, -0.25) is 0 Å². The minimum absolute atomic E-state index is 0.0239. The Bertz CT molecular complexity index is 539. The van der Waals surface area contributed by atoms with Gasteiger partial charge in [-0.05, 0) is 80.5 Å². The Kier molecular flexibility index (Phi) is 5.63. The van der Waals surface area contributed by atoms with Gasteiger partial charge >= 0.3 is 0 Å². The molecule has 1 spiro atoms. The van der Waals surface area contributed by atoms with Gasteiger partial charge in [0.05, 0.1) is 19.3 Å². The van der Waals surface area contributed by atoms with Crippen LogP contribution in [0.3, 0.4) is 0 Å². The lowest BCUT2D eigenvalue weighted by Crippen LogP contribution is -2.56. The van der Waals surface area contributed by atoms with Crippen LogP contribution >= 0.6 is 12.9 Å². The van der Waals surface area contributed by atoms with Crippen molar-refractivity contribution in [2.45, 2.75) is 70.7 Å². The molecule has 2 unspecified atom stereocenters. The van der Waals surface area contributed by atoms with Gasteiger partial charge in [-0.25, -0.2) is 0 Å². The van der Waals surface area contributed by atoms with E-state index in [1.807, 2.05) is 0 Å². The third-order valence-electron chi connectivity index (χ3n) is 9.15. The quantitative estimate of drug-likeness (QED) is 0.499. The maximum Gasteiger partial charge on any atom is 0.174 e. The Morgan fingerprint density at radius 3 is 2.30 bits per heavy atom. The van der Waals surface area contributed by atoms with E-state index in [4.69, 9.17) is 13.7 Å². The average molecular weight is 401 g/mol. The zero-order valence-electron chi connectivity index (χ0n) is 16.7. The summed E-state index contributed by atoms with van der Waals surface area (Å²) in [6.07, 6.45) is 7.09. The van der Waals surface area contributed by atoms with Crippen LogP contribution in [0.5, 0.6) is 0 Å². The summed E-state index contributed by atoms with van der Waals surface area (Å²) in [7, 11) is 0. The van der Waals surface area contributed by atoms with Crippen LogP contribution in [-0.4, -0.2) is 48.5 Å². The minimum Gasteiger partial charge on any atom is -0.396 e. The number of ether oxygens (including phenoxy) is 2. The Balaban J connectivity index is 1.60. The molecular weight excluding hydrogens is 364 g/mol. The van der Waals surface area contributed by atoms with Crippen molar-refractivity contribution in [3.05, 3.63) is 0 Å². The lowest BCUT2D eigenvalue weighted by molar-refractivity contribution is -0.245. The molecule has 1 saturated heterocycles. The maximum atomic E-state index is 10.5. The largest absolute Gasteiger partial charge is 0.396 e. The third kappa shape index (κ3) is 2.93. The summed E-state index contributed by atoms with van der Waals surface area (Å²) >= 11 is 4.02. The van der Waals surface area contributed by atoms with Crippen molar-refractivity contribution < 1.29 is 23.9 Å². The van der Waals surface area contributed by atoms with E-state index in [9.17, 15) is 10.2 Å². The molecule has 3 aliphatic carbocycles. The number of hydrogen-bond donors (Lipinski definition) is 3. The zero-order chi connectivity index (χ0) is 19.3. The van der Waals surface area contributed by atoms with E-state index in [0.29, 0.717) is 25.0 Å². The molecule has 4 aliphatic rings. The Labute approximate surface area is 168 Å². The highest BCUT2D eigenvalue weighted by atomic mass is 32.1. The van der Waals surface area contributed by atoms with Gasteiger partial charge in [0.1, 0.15) is 0 Å². The average Bonchev–Trinajstić information content (AvgIpc) is 3.28. The summed E-state index contributed by atoms with van der Waals surface area (Å²) in [5.74, 6) is 0.819. The molecule has 1 heterocycles. The van der Waals surface area contributed by atoms with Crippen molar-refractivity contribution in [2.24, 2.45) is 34.5 Å². The van der Waals surface area contributed by atoms with Crippen molar-refractivity contribution in [2.75, 3.05) is 26.4 Å². The van der Waals surface area contributed by atoms with Crippen molar-refractivity contribution in [1.29, 1.82) is 0 Å². The lowest BCUT2D eigenvalue weighted by Gasteiger charge is -2.57. The highest BCUT2D eigenvalue weighted by Gasteiger charge is 2.66. The van der Waals surface area contributed by atoms with Crippen LogP contribution < -0.4 is 0 Å². The first kappa shape index (κ1) is 20.4. The lowest BCUT2D eigenvalue weighted by atomic mass is 9.49. The maximum absolute atomic E-state index is 10.5. The molecule has 6 heteroatoms. The standard InChI is InChI=1S/C21H36O5S/c1-19(6-3-15(26-27)11-14(19)12-22)17-4-7-20(2)18(16(17)13-23)5-8-21(20)24-9-10-25-21/h14-18,22-23,27H,3-13H2,1-2H3/t14-,15+,16-,17?,18?,19+,20+/m1/s1. The molecule has 0 radical (unpaired) electrons. The number of rotatable bonds is 4. The molecule has 156 valence electrons. The van der Waals surface area contributed by atoms with E-state index in [2.05, 4.69) is 26.8 Å². The number of aliphatic hydroxyl groups is 2. The van der Waals surface area contributed by atoms with Gasteiger partial charge in [-0.2, -0.15) is 0 Å². The zero-order valence-corrected chi connectivity index (χ0v) is 17.6. The number of fused-ring (bicyclic) bond motifs is 2. The highest BCUT2D eigenvalue weighted by Crippen LogP contribution is 2.66. The Hall–Kier alpha value is 0.150. The van der Waals surface area contributed by atoms with Crippen LogP contribution in [0.25, 0.3) is 0 Å². The fourth-order valence-electron chi connectivity index (χ4n) is 7.49. The molecule has 7 atom stereocenters. The van der Waals surface area contributed by atoms with Crippen LogP contribution in [0.15, 0.2) is 0 Å². The first-order chi connectivity index (χ1) is 12.9. The molecule has 0 amide bonds. The van der Waals surface area contributed by atoms with Gasteiger partial charge in [0.15, 0.2) is 5.79 Å². The van der Waals surface area contributed by atoms with E-state index in [1.54, 1.807) is 0 Å². The van der Waals surface area contributed by atoms with Crippen LogP contribution in [0.4, 0.5) is 0 Å². The number of hydrogen-bond acceptors (Lipinski definition) is 6. The molecular formula is C21H36O5S. The molecule has 27 heavy (non-hydrogen) atoms. The van der Waals surface area contributed by atoms with Crippen LogP contribution in [0.1, 0.15) is 58.8 Å². The van der Waals surface area contributed by atoms with Gasteiger partial charge in [-0.15, -0.1) is 0 Å². The number of aliphatic hydroxyl groups excluding tert-OH is 2. The summed E-state index contributed by atoms with van der Waals surface area (Å²) in [6, 6.07) is 0. The first-order valence-electron chi connectivity index (χ1n) is 10.7. The second kappa shape index (κ2) is 7.44. The molecule has 0 aromatic carbocycles. The predicted octanol–water partition coefficient (Wildman–Crippen LogP) is 3.19. The van der Waals surface area contributed by atoms with E-state index in [-0.39, 0.29) is 42.0 Å². The molecule has 0 aromatic rings. The van der Waals surface area contributed by atoms with Crippen molar-refractivity contribution in [3.8, 4) is 0 Å². The van der Waals surface area contributed by atoms with E-state index in [0.717, 1.165) is 44.9 Å². The fourth-order valence-corrected chi connectivity index (χ4v) is 7.69. The topological polar surface area (TPSA) is 68.2 Å². The number of thiol groups is 1. The Morgan fingerprint density at radius 2 is 1.67 bits per heavy atom. The molecule has 0 aromatic heterocycles. The van der Waals surface area contributed by atoms with Gasteiger partial charge < -0.3 is 23.9 Å². The van der Waals surface area contributed by atoms with E-state index >= 15 is 0 Å². The Morgan fingerprint density at radius 1 is 0.963 bits per heavy atom. The molecule has 2 N–H and O–H groups in total. The van der Waals surface area contributed by atoms with Gasteiger partial charge in [0, 0.05) is 25.0 Å². The van der Waals surface area contributed by atoms with Crippen LogP contribution in [-0.2, 0) is 13.7 Å². The van der Waals surface area contributed by atoms with Gasteiger partial charge in [-0.1, -0.05) is 13.8 Å². The second-order valence-corrected chi connectivity index (χ2v) is 10.1. The molecule has 5 nitrogen and oxygen atoms in total. The fraction of sp³-hybridized carbons (Fsp3) is 1.00. The second-order valence-electron chi connectivity index (χ2n) is 9.89. The molecule has 0 bridgehead atoms. The summed E-state index contributed by atoms with van der Waals surface area (Å²) in [5, 5.41) is 20.6. The molecule has 1 aliphatic heterocycles. The summed E-state index contributed by atoms with van der Waals surface area (Å²) in [5.41, 5.74) is 0.00328. The molecule has 4 rings (SSSR count). The summed E-state index contributed by atoms with van der Waals surface area (Å²) < 4.78 is 17.7. The van der Waals surface area contributed by atoms with Crippen molar-refractivity contribution in [1.82, 2.24) is 0 Å². The normalized spacial score (nSPS) is 49.4. The van der Waals surface area contributed by atoms with Crippen molar-refractivity contribution in [3.63, 3.8) is 0 Å². The van der Waals surface area contributed by atoms with Crippen LogP contribution in [0.2, 0.25) is 0 Å². The molecule has 4 fully saturated rings. The summed E-state index contributed by atoms with van der Waals surface area (Å²) in [4.78, 5) is 0. The van der Waals surface area contributed by atoms with E-state index in [1.165, 1.54) is 0 Å².